The highest BCUT2D eigenvalue weighted by Crippen LogP contribution is 2.58. The predicted octanol–water partition coefficient (Wildman–Crippen LogP) is 1.57. The van der Waals surface area contributed by atoms with Gasteiger partial charge in [0.05, 0.1) is 5.41 Å². The lowest BCUT2D eigenvalue weighted by Gasteiger charge is -2.26. The van der Waals surface area contributed by atoms with Crippen molar-refractivity contribution in [2.45, 2.75) is 24.2 Å². The summed E-state index contributed by atoms with van der Waals surface area (Å²) in [6.07, 6.45) is -1.08. The summed E-state index contributed by atoms with van der Waals surface area (Å²) < 4.78 is 29.3. The Morgan fingerprint density at radius 3 is 2.50 bits per heavy atom. The van der Waals surface area contributed by atoms with Gasteiger partial charge in [0.15, 0.2) is 5.11 Å². The molecule has 1 aliphatic rings. The van der Waals surface area contributed by atoms with E-state index in [0.29, 0.717) is 0 Å². The highest BCUT2D eigenvalue weighted by Gasteiger charge is 2.67. The first-order valence-corrected chi connectivity index (χ1v) is 7.40. The van der Waals surface area contributed by atoms with Crippen molar-refractivity contribution in [1.29, 1.82) is 0 Å². The maximum absolute atomic E-state index is 14.6. The van der Waals surface area contributed by atoms with Crippen LogP contribution in [0.2, 0.25) is 0 Å². The smallest absolute Gasteiger partial charge is 0.409 e. The van der Waals surface area contributed by atoms with E-state index in [-0.39, 0.29) is 29.2 Å². The van der Waals surface area contributed by atoms with Crippen molar-refractivity contribution in [3.63, 3.8) is 0 Å². The van der Waals surface area contributed by atoms with E-state index >= 15 is 0 Å². The summed E-state index contributed by atoms with van der Waals surface area (Å²) in [7, 11) is 1.48. The van der Waals surface area contributed by atoms with Gasteiger partial charge in [0, 0.05) is 12.7 Å². The van der Waals surface area contributed by atoms with Gasteiger partial charge < -0.3 is 10.4 Å². The van der Waals surface area contributed by atoms with Crippen LogP contribution in [-0.2, 0) is 10.2 Å². The van der Waals surface area contributed by atoms with E-state index in [1.807, 2.05) is 5.43 Å². The van der Waals surface area contributed by atoms with Gasteiger partial charge in [0.1, 0.15) is 0 Å². The zero-order valence-electron chi connectivity index (χ0n) is 12.7. The van der Waals surface area contributed by atoms with E-state index in [9.17, 15) is 18.4 Å². The summed E-state index contributed by atoms with van der Waals surface area (Å²) in [5.41, 5.74) is 2.77. The Kier molecular flexibility index (Phi) is 4.88. The summed E-state index contributed by atoms with van der Waals surface area (Å²) in [6, 6.07) is 5.67. The molecule has 0 bridgehead atoms. The molecule has 7 nitrogen and oxygen atoms in total. The van der Waals surface area contributed by atoms with Crippen LogP contribution in [0.3, 0.4) is 0 Å². The number of rotatable bonds is 4. The van der Waals surface area contributed by atoms with Crippen LogP contribution in [-0.4, -0.2) is 35.2 Å². The monoisotopic (exact) mass is 358 g/mol. The Morgan fingerprint density at radius 1 is 1.29 bits per heavy atom. The molecule has 0 aliphatic heterocycles. The summed E-state index contributed by atoms with van der Waals surface area (Å²) in [4.78, 5) is 22.6. The summed E-state index contributed by atoms with van der Waals surface area (Å²) in [6.45, 7) is 0. The van der Waals surface area contributed by atoms with Gasteiger partial charge in [-0.3, -0.25) is 21.0 Å². The molecule has 0 spiro atoms. The molecular formula is C14H16F2N4O3S. The molecule has 0 unspecified atom stereocenters. The summed E-state index contributed by atoms with van der Waals surface area (Å²) in [5.74, 6) is -5.19. The Hall–Kier alpha value is -2.49. The lowest BCUT2D eigenvalue weighted by atomic mass is 9.88. The highest BCUT2D eigenvalue weighted by molar-refractivity contribution is 7.80. The van der Waals surface area contributed by atoms with Gasteiger partial charge in [-0.15, -0.1) is 0 Å². The number of halogens is 2. The molecule has 0 heterocycles. The molecule has 0 saturated heterocycles. The van der Waals surface area contributed by atoms with Crippen LogP contribution in [0.25, 0.3) is 0 Å². The number of alkyl halides is 2. The number of carbonyl (C=O) groups excluding carboxylic acids is 1. The number of carboxylic acid groups (broad SMARTS) is 1. The number of anilines is 1. The van der Waals surface area contributed by atoms with Crippen molar-refractivity contribution in [3.8, 4) is 0 Å². The van der Waals surface area contributed by atoms with Crippen LogP contribution in [0.15, 0.2) is 24.3 Å². The molecule has 24 heavy (non-hydrogen) atoms. The minimum atomic E-state index is -3.69. The minimum Gasteiger partial charge on any atom is -0.465 e. The molecule has 1 aromatic carbocycles. The molecule has 1 aromatic rings. The van der Waals surface area contributed by atoms with E-state index in [4.69, 9.17) is 17.3 Å². The Morgan fingerprint density at radius 2 is 1.96 bits per heavy atom. The number of thiocarbonyl (C=S) groups is 1. The highest BCUT2D eigenvalue weighted by atomic mass is 32.1. The van der Waals surface area contributed by atoms with E-state index < -0.39 is 23.3 Å². The molecule has 1 saturated carbocycles. The van der Waals surface area contributed by atoms with Crippen molar-refractivity contribution >= 4 is 35.0 Å². The first-order valence-electron chi connectivity index (χ1n) is 6.99. The molecule has 2 rings (SSSR count). The van der Waals surface area contributed by atoms with Crippen molar-refractivity contribution in [2.75, 3.05) is 12.4 Å². The van der Waals surface area contributed by atoms with Gasteiger partial charge in [0.2, 0.25) is 0 Å². The molecule has 1 aliphatic carbocycles. The van der Waals surface area contributed by atoms with E-state index in [0.717, 1.165) is 0 Å². The SMILES string of the molecule is CNC(=S)NNC(=O)C(F)(F)C1(c2cccc(NC(=O)O)c2)CC1. The Labute approximate surface area is 141 Å². The topological polar surface area (TPSA) is 102 Å². The largest absolute Gasteiger partial charge is 0.465 e. The molecule has 10 heteroatoms. The predicted molar refractivity (Wildman–Crippen MR) is 86.9 cm³/mol. The molecule has 0 atom stereocenters. The third-order valence-corrected chi connectivity index (χ3v) is 4.13. The van der Waals surface area contributed by atoms with Gasteiger partial charge in [-0.2, -0.15) is 8.78 Å². The van der Waals surface area contributed by atoms with Crippen LogP contribution >= 0.6 is 12.2 Å². The minimum absolute atomic E-state index is 0.00310. The zero-order valence-corrected chi connectivity index (χ0v) is 13.5. The van der Waals surface area contributed by atoms with Crippen molar-refractivity contribution in [3.05, 3.63) is 29.8 Å². The maximum Gasteiger partial charge on any atom is 0.409 e. The summed E-state index contributed by atoms with van der Waals surface area (Å²) in [5, 5.41) is 13.3. The standard InChI is InChI=1S/C14H16F2N4O3S/c1-17-11(24)20-19-10(21)14(15,16)13(5-6-13)8-3-2-4-9(7-8)18-12(22)23/h2-4,7,18H,5-6H2,1H3,(H,19,21)(H,22,23)(H2,17,20,24). The fraction of sp³-hybridized carbons (Fsp3) is 0.357. The van der Waals surface area contributed by atoms with Crippen LogP contribution in [0.4, 0.5) is 19.3 Å². The van der Waals surface area contributed by atoms with Gasteiger partial charge in [-0.25, -0.2) is 4.79 Å². The molecule has 1 fully saturated rings. The summed E-state index contributed by atoms with van der Waals surface area (Å²) >= 11 is 4.71. The fourth-order valence-electron chi connectivity index (χ4n) is 2.40. The van der Waals surface area contributed by atoms with Gasteiger partial charge in [-0.1, -0.05) is 12.1 Å². The number of benzene rings is 1. The van der Waals surface area contributed by atoms with Crippen LogP contribution < -0.4 is 21.5 Å². The van der Waals surface area contributed by atoms with E-state index in [2.05, 4.69) is 16.1 Å². The molecule has 0 radical (unpaired) electrons. The molecule has 5 N–H and O–H groups in total. The molecular weight excluding hydrogens is 342 g/mol. The average Bonchev–Trinajstić information content (AvgIpc) is 3.34. The number of hydrogen-bond acceptors (Lipinski definition) is 3. The number of hydrogen-bond donors (Lipinski definition) is 5. The number of carbonyl (C=O) groups is 2. The lowest BCUT2D eigenvalue weighted by molar-refractivity contribution is -0.151. The van der Waals surface area contributed by atoms with E-state index in [1.54, 1.807) is 0 Å². The first-order chi connectivity index (χ1) is 11.2. The quantitative estimate of drug-likeness (QED) is 0.414. The average molecular weight is 358 g/mol. The van der Waals surface area contributed by atoms with Crippen LogP contribution in [0, 0.1) is 0 Å². The second-order valence-electron chi connectivity index (χ2n) is 5.33. The van der Waals surface area contributed by atoms with Crippen molar-refractivity contribution in [2.24, 2.45) is 0 Å². The maximum atomic E-state index is 14.6. The van der Waals surface area contributed by atoms with Crippen molar-refractivity contribution in [1.82, 2.24) is 16.2 Å². The number of amides is 2. The van der Waals surface area contributed by atoms with Gasteiger partial charge >= 0.3 is 17.9 Å². The molecule has 2 amide bonds. The second-order valence-corrected chi connectivity index (χ2v) is 5.73. The van der Waals surface area contributed by atoms with Crippen molar-refractivity contribution < 1.29 is 23.5 Å². The first kappa shape index (κ1) is 17.9. The van der Waals surface area contributed by atoms with Crippen LogP contribution in [0.1, 0.15) is 18.4 Å². The normalized spacial score (nSPS) is 15.1. The van der Waals surface area contributed by atoms with Crippen LogP contribution in [0.5, 0.6) is 0 Å². The third-order valence-electron chi connectivity index (χ3n) is 3.82. The molecule has 130 valence electrons. The number of hydrazine groups is 1. The Bertz CT molecular complexity index is 680. The fourth-order valence-corrected chi connectivity index (χ4v) is 2.45. The molecule has 0 aromatic heterocycles. The van der Waals surface area contributed by atoms with E-state index in [1.165, 1.54) is 31.3 Å². The van der Waals surface area contributed by atoms with Gasteiger partial charge in [-0.05, 0) is 42.8 Å². The third kappa shape index (κ3) is 3.37. The number of nitrogens with one attached hydrogen (secondary N) is 4. The Balaban J connectivity index is 2.21. The second kappa shape index (κ2) is 6.56. The lowest BCUT2D eigenvalue weighted by Crippen LogP contribution is -2.55. The zero-order chi connectivity index (χ0) is 18.0. The van der Waals surface area contributed by atoms with Gasteiger partial charge in [0.25, 0.3) is 0 Å².